The van der Waals surface area contributed by atoms with Crippen LogP contribution in [-0.4, -0.2) is 28.5 Å². The van der Waals surface area contributed by atoms with Crippen LogP contribution in [0.5, 0.6) is 0 Å². The minimum Gasteiger partial charge on any atom is -0.353 e. The number of benzene rings is 1. The molecule has 0 bridgehead atoms. The molecule has 1 aromatic carbocycles. The quantitative estimate of drug-likeness (QED) is 0.921. The topological polar surface area (TPSA) is 37.3 Å². The number of likely N-dealkylation sites (tertiary alicyclic amines) is 1. The summed E-state index contributed by atoms with van der Waals surface area (Å²) in [5.74, 6) is -0.343. The van der Waals surface area contributed by atoms with Crippen LogP contribution in [0.15, 0.2) is 42.6 Å². The molecule has 0 aliphatic carbocycles. The van der Waals surface area contributed by atoms with E-state index in [0.717, 1.165) is 19.4 Å². The number of carbonyl (C=O) groups is 1. The summed E-state index contributed by atoms with van der Waals surface area (Å²) < 4.78 is 15.7. The number of nitrogens with one attached hydrogen (secondary N) is 1. The van der Waals surface area contributed by atoms with Crippen molar-refractivity contribution >= 4 is 5.91 Å². The van der Waals surface area contributed by atoms with Crippen LogP contribution in [-0.2, 0) is 18.4 Å². The lowest BCUT2D eigenvalue weighted by Crippen LogP contribution is -2.37. The second-order valence-corrected chi connectivity index (χ2v) is 6.04. The summed E-state index contributed by atoms with van der Waals surface area (Å²) in [6.07, 6.45) is 4.19. The van der Waals surface area contributed by atoms with Gasteiger partial charge in [-0.15, -0.1) is 0 Å². The lowest BCUT2D eigenvalue weighted by molar-refractivity contribution is -0.122. The maximum absolute atomic E-state index is 13.6. The number of nitrogens with zero attached hydrogens (tertiary/aromatic N) is 2. The van der Waals surface area contributed by atoms with Crippen LogP contribution in [0.2, 0.25) is 0 Å². The van der Waals surface area contributed by atoms with Crippen molar-refractivity contribution in [3.8, 4) is 0 Å². The molecule has 1 amide bonds. The molecule has 122 valence electrons. The molecule has 1 aliphatic heterocycles. The van der Waals surface area contributed by atoms with Gasteiger partial charge in [0, 0.05) is 31.0 Å². The molecule has 23 heavy (non-hydrogen) atoms. The van der Waals surface area contributed by atoms with Crippen molar-refractivity contribution in [1.82, 2.24) is 14.8 Å². The number of amides is 1. The Bertz CT molecular complexity index is 682. The van der Waals surface area contributed by atoms with Crippen molar-refractivity contribution in [3.63, 3.8) is 0 Å². The smallest absolute Gasteiger partial charge is 0.234 e. The van der Waals surface area contributed by atoms with Crippen molar-refractivity contribution in [3.05, 3.63) is 59.7 Å². The molecule has 1 N–H and O–H groups in total. The van der Waals surface area contributed by atoms with Gasteiger partial charge in [-0.25, -0.2) is 4.39 Å². The van der Waals surface area contributed by atoms with E-state index in [9.17, 15) is 9.18 Å². The first-order valence-corrected chi connectivity index (χ1v) is 8.00. The predicted molar refractivity (Wildman–Crippen MR) is 87.2 cm³/mol. The van der Waals surface area contributed by atoms with Crippen LogP contribution in [0.25, 0.3) is 0 Å². The highest BCUT2D eigenvalue weighted by atomic mass is 19.1. The molecule has 0 radical (unpaired) electrons. The molecule has 0 unspecified atom stereocenters. The zero-order chi connectivity index (χ0) is 16.2. The van der Waals surface area contributed by atoms with Gasteiger partial charge in [0.05, 0.1) is 12.6 Å². The molecule has 0 spiro atoms. The predicted octanol–water partition coefficient (Wildman–Crippen LogP) is 2.62. The van der Waals surface area contributed by atoms with E-state index < -0.39 is 0 Å². The lowest BCUT2D eigenvalue weighted by Gasteiger charge is -2.24. The van der Waals surface area contributed by atoms with Crippen molar-refractivity contribution in [2.45, 2.75) is 25.4 Å². The number of aryl methyl sites for hydroxylation is 1. The Morgan fingerprint density at radius 1 is 1.30 bits per heavy atom. The Hall–Kier alpha value is -2.14. The molecule has 1 aliphatic rings. The number of aromatic nitrogens is 1. The Morgan fingerprint density at radius 3 is 2.87 bits per heavy atom. The van der Waals surface area contributed by atoms with E-state index in [1.54, 1.807) is 18.2 Å². The standard InChI is InChI=1S/C18H22FN3O/c1-21-10-4-8-16(21)17-9-5-11-22(17)13-18(23)20-12-14-6-2-3-7-15(14)19/h2-4,6-8,10,17H,5,9,11-13H2,1H3,(H,20,23)/t17-/m0/s1. The van der Waals surface area contributed by atoms with Crippen molar-refractivity contribution in [2.75, 3.05) is 13.1 Å². The normalized spacial score (nSPS) is 18.3. The van der Waals surface area contributed by atoms with Crippen molar-refractivity contribution in [1.29, 1.82) is 0 Å². The van der Waals surface area contributed by atoms with Gasteiger partial charge in [-0.3, -0.25) is 9.69 Å². The van der Waals surface area contributed by atoms with Crippen molar-refractivity contribution in [2.24, 2.45) is 7.05 Å². The third-order valence-electron chi connectivity index (χ3n) is 4.47. The maximum Gasteiger partial charge on any atom is 0.234 e. The van der Waals surface area contributed by atoms with Crippen LogP contribution in [0.1, 0.15) is 30.1 Å². The Balaban J connectivity index is 1.57. The molecule has 2 heterocycles. The zero-order valence-corrected chi connectivity index (χ0v) is 13.3. The summed E-state index contributed by atoms with van der Waals surface area (Å²) in [5.41, 5.74) is 1.76. The summed E-state index contributed by atoms with van der Waals surface area (Å²) in [7, 11) is 2.03. The van der Waals surface area contributed by atoms with E-state index in [2.05, 4.69) is 20.9 Å². The summed E-state index contributed by atoms with van der Waals surface area (Å²) in [5, 5.41) is 2.82. The van der Waals surface area contributed by atoms with Crippen LogP contribution < -0.4 is 5.32 Å². The zero-order valence-electron chi connectivity index (χ0n) is 13.3. The van der Waals surface area contributed by atoms with Gasteiger partial charge in [0.2, 0.25) is 5.91 Å². The molecule has 0 saturated carbocycles. The highest BCUT2D eigenvalue weighted by Gasteiger charge is 2.28. The third-order valence-corrected chi connectivity index (χ3v) is 4.47. The number of hydrogen-bond donors (Lipinski definition) is 1. The van der Waals surface area contributed by atoms with Crippen molar-refractivity contribution < 1.29 is 9.18 Å². The summed E-state index contributed by atoms with van der Waals surface area (Å²) in [6.45, 7) is 1.50. The summed E-state index contributed by atoms with van der Waals surface area (Å²) >= 11 is 0. The SMILES string of the molecule is Cn1cccc1[C@@H]1CCCN1CC(=O)NCc1ccccc1F. The Morgan fingerprint density at radius 2 is 2.13 bits per heavy atom. The molecule has 1 atom stereocenters. The molecular weight excluding hydrogens is 293 g/mol. The van der Waals surface area contributed by atoms with E-state index in [-0.39, 0.29) is 24.3 Å². The van der Waals surface area contributed by atoms with E-state index >= 15 is 0 Å². The Kier molecular flexibility index (Phi) is 4.76. The maximum atomic E-state index is 13.6. The minimum atomic E-state index is -0.282. The highest BCUT2D eigenvalue weighted by Crippen LogP contribution is 2.31. The highest BCUT2D eigenvalue weighted by molar-refractivity contribution is 5.78. The first kappa shape index (κ1) is 15.7. The van der Waals surface area contributed by atoms with Gasteiger partial charge < -0.3 is 9.88 Å². The van der Waals surface area contributed by atoms with Gasteiger partial charge in [-0.2, -0.15) is 0 Å². The fraction of sp³-hybridized carbons (Fsp3) is 0.389. The molecule has 1 aromatic heterocycles. The van der Waals surface area contributed by atoms with Crippen LogP contribution >= 0.6 is 0 Å². The summed E-state index contributed by atoms with van der Waals surface area (Å²) in [6, 6.07) is 11.0. The molecule has 2 aromatic rings. The summed E-state index contributed by atoms with van der Waals surface area (Å²) in [4.78, 5) is 14.4. The first-order valence-electron chi connectivity index (χ1n) is 8.00. The second-order valence-electron chi connectivity index (χ2n) is 6.04. The van der Waals surface area contributed by atoms with Crippen LogP contribution in [0.4, 0.5) is 4.39 Å². The Labute approximate surface area is 135 Å². The largest absolute Gasteiger partial charge is 0.353 e. The van der Waals surface area contributed by atoms with E-state index in [0.29, 0.717) is 12.1 Å². The van der Waals surface area contributed by atoms with Gasteiger partial charge in [0.25, 0.3) is 0 Å². The van der Waals surface area contributed by atoms with Crippen LogP contribution in [0, 0.1) is 5.82 Å². The van der Waals surface area contributed by atoms with Crippen LogP contribution in [0.3, 0.4) is 0 Å². The van der Waals surface area contributed by atoms with Gasteiger partial charge in [-0.05, 0) is 37.6 Å². The number of rotatable bonds is 5. The number of carbonyl (C=O) groups excluding carboxylic acids is 1. The number of halogens is 1. The minimum absolute atomic E-state index is 0.0608. The van der Waals surface area contributed by atoms with Gasteiger partial charge >= 0.3 is 0 Å². The second kappa shape index (κ2) is 6.96. The molecular formula is C18H22FN3O. The molecule has 1 fully saturated rings. The monoisotopic (exact) mass is 315 g/mol. The van der Waals surface area contributed by atoms with E-state index in [1.807, 2.05) is 19.3 Å². The fourth-order valence-corrected chi connectivity index (χ4v) is 3.25. The first-order chi connectivity index (χ1) is 11.1. The number of hydrogen-bond acceptors (Lipinski definition) is 2. The molecule has 5 heteroatoms. The average Bonchev–Trinajstić information content (AvgIpc) is 3.15. The molecule has 3 rings (SSSR count). The van der Waals surface area contributed by atoms with E-state index in [4.69, 9.17) is 0 Å². The molecule has 4 nitrogen and oxygen atoms in total. The van der Waals surface area contributed by atoms with Gasteiger partial charge in [0.15, 0.2) is 0 Å². The third kappa shape index (κ3) is 3.62. The van der Waals surface area contributed by atoms with Gasteiger partial charge in [0.1, 0.15) is 5.82 Å². The average molecular weight is 315 g/mol. The molecule has 1 saturated heterocycles. The van der Waals surface area contributed by atoms with Gasteiger partial charge in [-0.1, -0.05) is 18.2 Å². The fourth-order valence-electron chi connectivity index (χ4n) is 3.25. The van der Waals surface area contributed by atoms with E-state index in [1.165, 1.54) is 11.8 Å². The lowest BCUT2D eigenvalue weighted by atomic mass is 10.1.